The number of anilines is 2. The normalized spacial score (nSPS) is 20.1. The molecule has 2 aromatic carbocycles. The van der Waals surface area contributed by atoms with Crippen LogP contribution in [0.15, 0.2) is 95.8 Å². The third kappa shape index (κ3) is 21.6. The molecule has 4 fully saturated rings. The van der Waals surface area contributed by atoms with Gasteiger partial charge in [0.15, 0.2) is 31.3 Å². The van der Waals surface area contributed by atoms with E-state index >= 15 is 0 Å². The minimum atomic E-state index is -3.08. The van der Waals surface area contributed by atoms with Gasteiger partial charge in [0, 0.05) is 111 Å². The first-order valence-corrected chi connectivity index (χ1v) is 39.3. The van der Waals surface area contributed by atoms with Crippen molar-refractivity contribution in [2.75, 3.05) is 91.8 Å². The highest BCUT2D eigenvalue weighted by atomic mass is 32.2. The van der Waals surface area contributed by atoms with Crippen molar-refractivity contribution in [2.24, 2.45) is 0 Å². The molecule has 446 valence electrons. The summed E-state index contributed by atoms with van der Waals surface area (Å²) < 4.78 is 87.9. The van der Waals surface area contributed by atoms with Gasteiger partial charge in [-0.05, 0) is 86.1 Å². The van der Waals surface area contributed by atoms with Crippen molar-refractivity contribution >= 4 is 53.7 Å². The molecule has 8 rings (SSSR count). The number of carbonyl (C=O) groups is 1. The van der Waals surface area contributed by atoms with E-state index in [1.54, 1.807) is 26.8 Å². The Morgan fingerprint density at radius 3 is 1.57 bits per heavy atom. The average Bonchev–Trinajstić information content (AvgIpc) is 4.38. The van der Waals surface area contributed by atoms with Crippen molar-refractivity contribution in [3.05, 3.63) is 141 Å². The zero-order valence-electron chi connectivity index (χ0n) is 48.4. The van der Waals surface area contributed by atoms with Gasteiger partial charge in [-0.1, -0.05) is 75.7 Å². The smallest absolute Gasteiger partial charge is 0.295 e. The molecular formula is C58H86F2N8O9S2Si2. The van der Waals surface area contributed by atoms with Crippen molar-refractivity contribution in [3.8, 4) is 0 Å². The van der Waals surface area contributed by atoms with Gasteiger partial charge in [0.2, 0.25) is 0 Å². The molecule has 0 radical (unpaired) electrons. The molecule has 2 saturated carbocycles. The van der Waals surface area contributed by atoms with E-state index in [0.29, 0.717) is 67.9 Å². The van der Waals surface area contributed by atoms with E-state index in [4.69, 9.17) is 14.5 Å². The summed E-state index contributed by atoms with van der Waals surface area (Å²) in [4.78, 5) is 51.9. The molecule has 17 nitrogen and oxygen atoms in total. The summed E-state index contributed by atoms with van der Waals surface area (Å²) in [5.74, 6) is 1.21. The first kappa shape index (κ1) is 65.1. The number of benzene rings is 2. The zero-order chi connectivity index (χ0) is 59.0. The van der Waals surface area contributed by atoms with Gasteiger partial charge in [-0.25, -0.2) is 35.6 Å². The van der Waals surface area contributed by atoms with Crippen LogP contribution in [0.4, 0.5) is 20.4 Å². The van der Waals surface area contributed by atoms with Crippen LogP contribution in [0, 0.1) is 11.6 Å². The lowest BCUT2D eigenvalue weighted by Crippen LogP contribution is -2.44. The number of aryl methyl sites for hydroxylation is 2. The Kier molecular flexibility index (Phi) is 24.1. The standard InChI is InChI=1S/C29H43FN4O4SSi.C17H29N3O5SSi.C12H14FN/c1-5-12-32(27-20-26(27)23-8-10-24(30)11-9-23)13-6-7-25-21-34(22-38-16-19-40(2,3)4)29(35)28(31-25)33-14-17-39(36,37)18-15-33;1-27(2,3)12-9-25-14-20-13-15(5-4-8-21)18-16(17(20)22)19-6-10-26(23,24)11-7-19;1-2-7-14-12-8-11(12)9-3-5-10(13)6-4-9/h5,8-11,21,26-27H,1,6-7,12-20,22H2,2-4H3;8,13H,4-7,9-12,14H2,1-3H3;2-6,11-12,14H,1,7-8H2/t26-,27+;;11-,12+/m0.0/s1. The molecule has 4 atom stereocenters. The summed E-state index contributed by atoms with van der Waals surface area (Å²) in [5.41, 5.74) is 3.27. The summed E-state index contributed by atoms with van der Waals surface area (Å²) in [6, 6.07) is 16.5. The molecule has 23 heteroatoms. The molecular weight excluding hydrogens is 1110 g/mol. The highest BCUT2D eigenvalue weighted by molar-refractivity contribution is 7.91. The Morgan fingerprint density at radius 1 is 0.679 bits per heavy atom. The summed E-state index contributed by atoms with van der Waals surface area (Å²) >= 11 is 0. The lowest BCUT2D eigenvalue weighted by molar-refractivity contribution is -0.107. The predicted molar refractivity (Wildman–Crippen MR) is 325 cm³/mol. The first-order valence-electron chi connectivity index (χ1n) is 28.3. The van der Waals surface area contributed by atoms with Gasteiger partial charge in [0.25, 0.3) is 11.1 Å². The largest absolute Gasteiger partial charge is 0.361 e. The number of sulfone groups is 2. The SMILES string of the molecule is C=CCN(CCCc1cn(COCC[Si](C)(C)C)c(=O)c(N2CCS(=O)(=O)CC2)n1)[C@@H]1C[C@H]1c1ccc(F)cc1.C=CCN[C@@H]1C[C@H]1c1ccc(F)cc1.C[Si](C)(C)CCOCn1cc(CCC=O)nc(N2CCS(=O)(=O)CC2)c1=O. The van der Waals surface area contributed by atoms with Crippen LogP contribution in [-0.2, 0) is 60.2 Å². The Bertz CT molecular complexity index is 3040. The number of aromatic nitrogens is 4. The second-order valence-electron chi connectivity index (χ2n) is 23.9. The molecule has 4 aromatic rings. The third-order valence-electron chi connectivity index (χ3n) is 14.7. The molecule has 2 aromatic heterocycles. The Balaban J connectivity index is 0.000000220. The Hall–Kier alpha value is -5.02. The second kappa shape index (κ2) is 30.0. The fourth-order valence-corrected chi connectivity index (χ4v) is 13.5. The molecule has 2 aliphatic heterocycles. The summed E-state index contributed by atoms with van der Waals surface area (Å²) in [6.45, 7) is 26.2. The molecule has 2 aliphatic carbocycles. The summed E-state index contributed by atoms with van der Waals surface area (Å²) in [6.07, 6.45) is 12.5. The number of rotatable bonds is 27. The maximum absolute atomic E-state index is 13.4. The number of aldehydes is 1. The number of hydrogen-bond donors (Lipinski definition) is 1. The molecule has 4 aliphatic rings. The van der Waals surface area contributed by atoms with Crippen LogP contribution in [-0.4, -0.2) is 157 Å². The Morgan fingerprint density at radius 2 is 1.14 bits per heavy atom. The van der Waals surface area contributed by atoms with Crippen LogP contribution < -0.4 is 26.2 Å². The summed E-state index contributed by atoms with van der Waals surface area (Å²) in [5, 5.41) is 3.36. The molecule has 0 amide bonds. The number of ether oxygens (including phenoxy) is 2. The van der Waals surface area contributed by atoms with Crippen LogP contribution in [0.25, 0.3) is 0 Å². The maximum Gasteiger partial charge on any atom is 0.295 e. The molecule has 1 N–H and O–H groups in total. The van der Waals surface area contributed by atoms with Crippen LogP contribution in [0.5, 0.6) is 0 Å². The van der Waals surface area contributed by atoms with Gasteiger partial charge in [-0.3, -0.25) is 23.6 Å². The number of hydrogen-bond acceptors (Lipinski definition) is 15. The number of carbonyl (C=O) groups excluding carboxylic acids is 1. The van der Waals surface area contributed by atoms with E-state index in [1.807, 2.05) is 36.4 Å². The van der Waals surface area contributed by atoms with E-state index < -0.39 is 35.8 Å². The molecule has 0 unspecified atom stereocenters. The number of nitrogens with one attached hydrogen (secondary N) is 1. The first-order chi connectivity index (χ1) is 38.4. The van der Waals surface area contributed by atoms with Crippen LogP contribution in [0.2, 0.25) is 51.4 Å². The zero-order valence-corrected chi connectivity index (χ0v) is 52.0. The van der Waals surface area contributed by atoms with Crippen LogP contribution in [0.1, 0.15) is 60.0 Å². The van der Waals surface area contributed by atoms with Crippen molar-refractivity contribution in [3.63, 3.8) is 0 Å². The van der Waals surface area contributed by atoms with E-state index in [1.165, 1.54) is 34.4 Å². The third-order valence-corrected chi connectivity index (χ3v) is 21.3. The number of nitrogens with zero attached hydrogens (tertiary/aromatic N) is 7. The minimum Gasteiger partial charge on any atom is -0.361 e. The Labute approximate surface area is 480 Å². The number of halogens is 2. The van der Waals surface area contributed by atoms with Gasteiger partial charge < -0.3 is 29.4 Å². The van der Waals surface area contributed by atoms with Gasteiger partial charge in [-0.2, -0.15) is 0 Å². The van der Waals surface area contributed by atoms with Crippen molar-refractivity contribution in [1.82, 2.24) is 29.3 Å². The quantitative estimate of drug-likeness (QED) is 0.0271. The minimum absolute atomic E-state index is 0.0133. The fourth-order valence-electron chi connectivity index (χ4n) is 9.55. The second-order valence-corrected chi connectivity index (χ2v) is 39.7. The monoisotopic (exact) mass is 1200 g/mol. The van der Waals surface area contributed by atoms with Crippen molar-refractivity contribution in [2.45, 2.75) is 127 Å². The van der Waals surface area contributed by atoms with E-state index in [2.05, 4.69) is 67.6 Å². The predicted octanol–water partition coefficient (Wildman–Crippen LogP) is 7.29. The average molecular weight is 1200 g/mol. The van der Waals surface area contributed by atoms with Crippen molar-refractivity contribution < 1.29 is 39.9 Å². The molecule has 0 bridgehead atoms. The molecule has 2 saturated heterocycles. The molecule has 4 heterocycles. The highest BCUT2D eigenvalue weighted by Gasteiger charge is 2.42. The molecule has 81 heavy (non-hydrogen) atoms. The van der Waals surface area contributed by atoms with Crippen molar-refractivity contribution in [1.29, 1.82) is 0 Å². The van der Waals surface area contributed by atoms with E-state index in [0.717, 1.165) is 68.5 Å². The summed E-state index contributed by atoms with van der Waals surface area (Å²) in [7, 11) is -8.60. The van der Waals surface area contributed by atoms with E-state index in [-0.39, 0.29) is 91.2 Å². The van der Waals surface area contributed by atoms with Gasteiger partial charge >= 0.3 is 0 Å². The fraction of sp³-hybridized carbons (Fsp3) is 0.569. The maximum atomic E-state index is 13.4. The lowest BCUT2D eigenvalue weighted by Gasteiger charge is -2.28. The molecule has 0 spiro atoms. The highest BCUT2D eigenvalue weighted by Crippen LogP contribution is 2.45. The lowest BCUT2D eigenvalue weighted by atomic mass is 10.1. The van der Waals surface area contributed by atoms with Gasteiger partial charge in [0.1, 0.15) is 31.4 Å². The van der Waals surface area contributed by atoms with E-state index in [9.17, 15) is 40.0 Å². The van der Waals surface area contributed by atoms with Crippen LogP contribution in [0.3, 0.4) is 0 Å². The van der Waals surface area contributed by atoms with Gasteiger partial charge in [-0.15, -0.1) is 13.2 Å². The van der Waals surface area contributed by atoms with Gasteiger partial charge in [0.05, 0.1) is 34.4 Å². The van der Waals surface area contributed by atoms with Crippen LogP contribution >= 0.6 is 0 Å². The topological polar surface area (TPSA) is 195 Å².